The van der Waals surface area contributed by atoms with Crippen molar-refractivity contribution in [2.75, 3.05) is 5.43 Å². The summed E-state index contributed by atoms with van der Waals surface area (Å²) in [6.07, 6.45) is -4.62. The highest BCUT2D eigenvalue weighted by molar-refractivity contribution is 5.65. The monoisotopic (exact) mass is 208 g/mol. The normalized spacial score (nSPS) is 11.4. The number of alkyl halides is 3. The number of phenols is 2. The lowest BCUT2D eigenvalue weighted by molar-refractivity contribution is -0.137. The molecule has 0 aliphatic heterocycles. The van der Waals surface area contributed by atoms with Crippen LogP contribution in [0.15, 0.2) is 12.1 Å². The number of nitrogen functional groups attached to an aromatic ring is 1. The van der Waals surface area contributed by atoms with Gasteiger partial charge >= 0.3 is 6.18 Å². The fourth-order valence-electron chi connectivity index (χ4n) is 0.923. The van der Waals surface area contributed by atoms with Gasteiger partial charge in [-0.2, -0.15) is 13.2 Å². The molecule has 14 heavy (non-hydrogen) atoms. The van der Waals surface area contributed by atoms with Crippen LogP contribution in [0, 0.1) is 0 Å². The molecule has 0 saturated heterocycles. The molecule has 4 nitrogen and oxygen atoms in total. The number of rotatable bonds is 1. The van der Waals surface area contributed by atoms with Crippen molar-refractivity contribution in [1.29, 1.82) is 0 Å². The summed E-state index contributed by atoms with van der Waals surface area (Å²) < 4.78 is 36.3. The Labute approximate surface area is 76.7 Å². The van der Waals surface area contributed by atoms with Crippen LogP contribution in [0.2, 0.25) is 0 Å². The average Bonchev–Trinajstić information content (AvgIpc) is 2.01. The number of halogens is 3. The second kappa shape index (κ2) is 3.26. The van der Waals surface area contributed by atoms with Crippen LogP contribution in [-0.2, 0) is 6.18 Å². The molecule has 0 aromatic heterocycles. The van der Waals surface area contributed by atoms with Crippen LogP contribution in [0.3, 0.4) is 0 Å². The van der Waals surface area contributed by atoms with Crippen molar-refractivity contribution in [2.24, 2.45) is 5.84 Å². The highest BCUT2D eigenvalue weighted by Gasteiger charge is 2.32. The van der Waals surface area contributed by atoms with Crippen molar-refractivity contribution in [1.82, 2.24) is 0 Å². The van der Waals surface area contributed by atoms with Crippen molar-refractivity contribution in [3.05, 3.63) is 17.7 Å². The van der Waals surface area contributed by atoms with E-state index in [9.17, 15) is 13.2 Å². The maximum absolute atomic E-state index is 12.1. The van der Waals surface area contributed by atoms with Gasteiger partial charge in [0.25, 0.3) is 0 Å². The minimum absolute atomic E-state index is 0.349. The Kier molecular flexibility index (Phi) is 2.43. The maximum atomic E-state index is 12.1. The van der Waals surface area contributed by atoms with E-state index in [1.807, 2.05) is 5.43 Å². The van der Waals surface area contributed by atoms with Crippen molar-refractivity contribution in [3.63, 3.8) is 0 Å². The summed E-state index contributed by atoms with van der Waals surface area (Å²) in [5.74, 6) is 3.33. The van der Waals surface area contributed by atoms with Gasteiger partial charge in [-0.15, -0.1) is 0 Å². The first kappa shape index (κ1) is 10.5. The zero-order chi connectivity index (χ0) is 10.9. The smallest absolute Gasteiger partial charge is 0.416 e. The first-order valence-electron chi connectivity index (χ1n) is 3.46. The van der Waals surface area contributed by atoms with Crippen LogP contribution in [0.5, 0.6) is 11.5 Å². The van der Waals surface area contributed by atoms with Gasteiger partial charge in [0.1, 0.15) is 17.2 Å². The van der Waals surface area contributed by atoms with Crippen molar-refractivity contribution >= 4 is 5.69 Å². The Hall–Kier alpha value is -1.63. The molecular formula is C7H7F3N2O2. The predicted molar refractivity (Wildman–Crippen MR) is 42.6 cm³/mol. The van der Waals surface area contributed by atoms with Crippen LogP contribution >= 0.6 is 0 Å². The van der Waals surface area contributed by atoms with E-state index in [4.69, 9.17) is 16.1 Å². The summed E-state index contributed by atoms with van der Waals surface area (Å²) in [6, 6.07) is 0.934. The lowest BCUT2D eigenvalue weighted by Crippen LogP contribution is -2.09. The molecule has 0 bridgehead atoms. The third-order valence-electron chi connectivity index (χ3n) is 1.57. The standard InChI is InChI=1S/C7H7F3N2O2/c8-7(9,10)3-1-4(13)6(12-11)5(14)2-3/h1-2,12-14H,11H2. The Morgan fingerprint density at radius 1 is 1.14 bits per heavy atom. The Bertz CT molecular complexity index is 328. The number of hydrogen-bond acceptors (Lipinski definition) is 4. The molecule has 0 atom stereocenters. The minimum atomic E-state index is -4.62. The largest absolute Gasteiger partial charge is 0.506 e. The van der Waals surface area contributed by atoms with Crippen LogP contribution in [0.4, 0.5) is 18.9 Å². The van der Waals surface area contributed by atoms with Gasteiger partial charge in [0.2, 0.25) is 0 Å². The number of phenolic OH excluding ortho intramolecular Hbond substituents is 2. The zero-order valence-corrected chi connectivity index (χ0v) is 6.76. The van der Waals surface area contributed by atoms with E-state index >= 15 is 0 Å². The summed E-state index contributed by atoms with van der Waals surface area (Å²) in [6.45, 7) is 0. The second-order valence-corrected chi connectivity index (χ2v) is 2.53. The third-order valence-corrected chi connectivity index (χ3v) is 1.57. The SMILES string of the molecule is NNc1c(O)cc(C(F)(F)F)cc1O. The first-order chi connectivity index (χ1) is 6.36. The number of hydrogen-bond donors (Lipinski definition) is 4. The molecule has 1 rings (SSSR count). The van der Waals surface area contributed by atoms with E-state index < -0.39 is 23.2 Å². The Morgan fingerprint density at radius 2 is 1.57 bits per heavy atom. The van der Waals surface area contributed by atoms with Gasteiger partial charge in [-0.3, -0.25) is 5.84 Å². The summed E-state index contributed by atoms with van der Waals surface area (Å²) >= 11 is 0. The Morgan fingerprint density at radius 3 is 1.86 bits per heavy atom. The lowest BCUT2D eigenvalue weighted by Gasteiger charge is -2.11. The van der Waals surface area contributed by atoms with Crippen LogP contribution in [0.1, 0.15) is 5.56 Å². The minimum Gasteiger partial charge on any atom is -0.506 e. The summed E-state index contributed by atoms with van der Waals surface area (Å²) in [5, 5.41) is 18.1. The summed E-state index contributed by atoms with van der Waals surface area (Å²) in [5.41, 5.74) is 0.379. The topological polar surface area (TPSA) is 78.5 Å². The van der Waals surface area contributed by atoms with E-state index in [1.54, 1.807) is 0 Å². The molecule has 0 heterocycles. The number of nitrogens with one attached hydrogen (secondary N) is 1. The molecule has 0 amide bonds. The molecule has 0 fully saturated rings. The van der Waals surface area contributed by atoms with E-state index in [0.29, 0.717) is 12.1 Å². The van der Waals surface area contributed by atoms with Gasteiger partial charge < -0.3 is 15.6 Å². The molecule has 7 heteroatoms. The highest BCUT2D eigenvalue weighted by atomic mass is 19.4. The van der Waals surface area contributed by atoms with Crippen molar-refractivity contribution in [2.45, 2.75) is 6.18 Å². The molecule has 0 aliphatic carbocycles. The van der Waals surface area contributed by atoms with E-state index in [0.717, 1.165) is 0 Å². The molecule has 0 spiro atoms. The fourth-order valence-corrected chi connectivity index (χ4v) is 0.923. The van der Waals surface area contributed by atoms with Gasteiger partial charge in [0, 0.05) is 0 Å². The van der Waals surface area contributed by atoms with Crippen LogP contribution in [0.25, 0.3) is 0 Å². The van der Waals surface area contributed by atoms with E-state index in [1.165, 1.54) is 0 Å². The molecule has 78 valence electrons. The third kappa shape index (κ3) is 1.82. The fraction of sp³-hybridized carbons (Fsp3) is 0.143. The summed E-state index contributed by atoms with van der Waals surface area (Å²) in [7, 11) is 0. The van der Waals surface area contributed by atoms with Gasteiger partial charge in [-0.1, -0.05) is 0 Å². The van der Waals surface area contributed by atoms with Crippen molar-refractivity contribution < 1.29 is 23.4 Å². The molecule has 1 aromatic carbocycles. The quantitative estimate of drug-likeness (QED) is 0.319. The van der Waals surface area contributed by atoms with Crippen LogP contribution in [-0.4, -0.2) is 10.2 Å². The molecular weight excluding hydrogens is 201 g/mol. The van der Waals surface area contributed by atoms with E-state index in [-0.39, 0.29) is 5.69 Å². The number of aromatic hydroxyl groups is 2. The zero-order valence-electron chi connectivity index (χ0n) is 6.76. The summed E-state index contributed by atoms with van der Waals surface area (Å²) in [4.78, 5) is 0. The molecule has 5 N–H and O–H groups in total. The number of nitrogens with two attached hydrogens (primary N) is 1. The Balaban J connectivity index is 3.28. The van der Waals surface area contributed by atoms with Gasteiger partial charge in [-0.25, -0.2) is 0 Å². The molecule has 0 unspecified atom stereocenters. The number of anilines is 1. The van der Waals surface area contributed by atoms with Gasteiger partial charge in [0.15, 0.2) is 0 Å². The molecule has 0 aliphatic rings. The molecule has 0 saturated carbocycles. The predicted octanol–water partition coefficient (Wildman–Crippen LogP) is 1.40. The van der Waals surface area contributed by atoms with E-state index in [2.05, 4.69) is 0 Å². The molecule has 1 aromatic rings. The lowest BCUT2D eigenvalue weighted by atomic mass is 10.1. The highest BCUT2D eigenvalue weighted by Crippen LogP contribution is 2.39. The first-order valence-corrected chi connectivity index (χ1v) is 3.46. The average molecular weight is 208 g/mol. The maximum Gasteiger partial charge on any atom is 0.416 e. The van der Waals surface area contributed by atoms with Crippen LogP contribution < -0.4 is 11.3 Å². The molecule has 0 radical (unpaired) electrons. The van der Waals surface area contributed by atoms with Gasteiger partial charge in [-0.05, 0) is 12.1 Å². The number of hydrazine groups is 1. The second-order valence-electron chi connectivity index (χ2n) is 2.53. The number of benzene rings is 1. The van der Waals surface area contributed by atoms with Gasteiger partial charge in [0.05, 0.1) is 5.56 Å². The van der Waals surface area contributed by atoms with Crippen molar-refractivity contribution in [3.8, 4) is 11.5 Å².